The summed E-state index contributed by atoms with van der Waals surface area (Å²) in [5, 5.41) is 11.9. The SMILES string of the molecule is CCN(CC)c1ccc(C2/C(=C(/O)c3ccc(Cl)c(Cl)c3)C(=O)C(=O)N2c2ccc(N(C)C)cc2)cc1. The van der Waals surface area contributed by atoms with Gasteiger partial charge in [0.15, 0.2) is 0 Å². The average Bonchev–Trinajstić information content (AvgIpc) is 3.16. The van der Waals surface area contributed by atoms with Gasteiger partial charge in [-0.1, -0.05) is 35.3 Å². The van der Waals surface area contributed by atoms with Crippen molar-refractivity contribution < 1.29 is 14.7 Å². The molecule has 0 aromatic heterocycles. The first-order valence-electron chi connectivity index (χ1n) is 12.1. The third-order valence-electron chi connectivity index (χ3n) is 6.62. The number of ketones is 1. The molecule has 0 spiro atoms. The van der Waals surface area contributed by atoms with E-state index >= 15 is 0 Å². The number of halogens is 2. The van der Waals surface area contributed by atoms with Gasteiger partial charge in [0.05, 0.1) is 21.7 Å². The smallest absolute Gasteiger partial charge is 0.300 e. The van der Waals surface area contributed by atoms with Crippen LogP contribution in [0.5, 0.6) is 0 Å². The van der Waals surface area contributed by atoms with Crippen LogP contribution in [-0.4, -0.2) is 44.0 Å². The number of aliphatic hydroxyl groups is 1. The van der Waals surface area contributed by atoms with Crippen molar-refractivity contribution in [3.8, 4) is 0 Å². The lowest BCUT2D eigenvalue weighted by Gasteiger charge is -2.27. The van der Waals surface area contributed by atoms with Crippen LogP contribution < -0.4 is 14.7 Å². The van der Waals surface area contributed by atoms with Gasteiger partial charge in [0.25, 0.3) is 11.7 Å². The Bertz CT molecular complexity index is 1350. The van der Waals surface area contributed by atoms with E-state index in [0.717, 1.165) is 24.5 Å². The summed E-state index contributed by atoms with van der Waals surface area (Å²) in [6.07, 6.45) is 0. The van der Waals surface area contributed by atoms with Crippen molar-refractivity contribution >= 4 is 57.7 Å². The molecule has 37 heavy (non-hydrogen) atoms. The van der Waals surface area contributed by atoms with Gasteiger partial charge in [-0.2, -0.15) is 0 Å². The minimum absolute atomic E-state index is 0.00401. The predicted molar refractivity (Wildman–Crippen MR) is 152 cm³/mol. The van der Waals surface area contributed by atoms with Gasteiger partial charge in [-0.15, -0.1) is 0 Å². The molecule has 1 heterocycles. The summed E-state index contributed by atoms with van der Waals surface area (Å²) < 4.78 is 0. The minimum Gasteiger partial charge on any atom is -0.507 e. The molecular weight excluding hydrogens is 509 g/mol. The van der Waals surface area contributed by atoms with Gasteiger partial charge in [-0.25, -0.2) is 0 Å². The van der Waals surface area contributed by atoms with E-state index in [0.29, 0.717) is 21.8 Å². The lowest BCUT2D eigenvalue weighted by Crippen LogP contribution is -2.29. The highest BCUT2D eigenvalue weighted by Gasteiger charge is 2.47. The quantitative estimate of drug-likeness (QED) is 0.211. The standard InChI is InChI=1S/C29H29Cl2N3O3/c1-5-33(6-2)21-10-7-18(8-11-21)26-25(27(35)19-9-16-23(30)24(31)17-19)28(36)29(37)34(26)22-14-12-20(13-15-22)32(3)4/h7-17,26,35H,5-6H2,1-4H3/b27-25-. The van der Waals surface area contributed by atoms with E-state index in [1.54, 1.807) is 24.3 Å². The van der Waals surface area contributed by atoms with Gasteiger partial charge in [0, 0.05) is 49.8 Å². The molecule has 1 aliphatic rings. The molecule has 3 aromatic carbocycles. The van der Waals surface area contributed by atoms with E-state index in [1.165, 1.54) is 11.0 Å². The van der Waals surface area contributed by atoms with Crippen molar-refractivity contribution in [2.75, 3.05) is 41.9 Å². The Labute approximate surface area is 227 Å². The normalized spacial score (nSPS) is 16.8. The van der Waals surface area contributed by atoms with Crippen LogP contribution in [0.1, 0.15) is 31.0 Å². The Morgan fingerprint density at radius 2 is 1.46 bits per heavy atom. The van der Waals surface area contributed by atoms with E-state index in [-0.39, 0.29) is 16.4 Å². The summed E-state index contributed by atoms with van der Waals surface area (Å²) in [5.41, 5.74) is 3.55. The number of aliphatic hydroxyl groups excluding tert-OH is 1. The van der Waals surface area contributed by atoms with Crippen LogP contribution in [0.2, 0.25) is 10.0 Å². The Morgan fingerprint density at radius 1 is 0.865 bits per heavy atom. The van der Waals surface area contributed by atoms with Crippen LogP contribution in [0, 0.1) is 0 Å². The maximum Gasteiger partial charge on any atom is 0.300 e. The summed E-state index contributed by atoms with van der Waals surface area (Å²) in [7, 11) is 3.85. The van der Waals surface area contributed by atoms with Crippen molar-refractivity contribution in [1.82, 2.24) is 0 Å². The van der Waals surface area contributed by atoms with Gasteiger partial charge in [0.1, 0.15) is 5.76 Å². The Morgan fingerprint density at radius 3 is 2.00 bits per heavy atom. The number of benzene rings is 3. The van der Waals surface area contributed by atoms with Gasteiger partial charge in [-0.3, -0.25) is 14.5 Å². The first-order chi connectivity index (χ1) is 17.7. The second-order valence-electron chi connectivity index (χ2n) is 8.97. The summed E-state index contributed by atoms with van der Waals surface area (Å²) in [6.45, 7) is 5.87. The monoisotopic (exact) mass is 537 g/mol. The highest BCUT2D eigenvalue weighted by Crippen LogP contribution is 2.43. The Kier molecular flexibility index (Phi) is 7.81. The number of hydrogen-bond donors (Lipinski definition) is 1. The molecule has 4 rings (SSSR count). The molecule has 1 aliphatic heterocycles. The predicted octanol–water partition coefficient (Wildman–Crippen LogP) is 6.53. The van der Waals surface area contributed by atoms with Gasteiger partial charge >= 0.3 is 0 Å². The Balaban J connectivity index is 1.89. The summed E-state index contributed by atoms with van der Waals surface area (Å²) in [5.74, 6) is -1.78. The summed E-state index contributed by atoms with van der Waals surface area (Å²) >= 11 is 12.2. The highest BCUT2D eigenvalue weighted by atomic mass is 35.5. The summed E-state index contributed by atoms with van der Waals surface area (Å²) in [6, 6.07) is 18.9. The molecule has 1 atom stereocenters. The maximum absolute atomic E-state index is 13.4. The van der Waals surface area contributed by atoms with E-state index in [9.17, 15) is 14.7 Å². The molecule has 1 saturated heterocycles. The molecule has 1 N–H and O–H groups in total. The van der Waals surface area contributed by atoms with Crippen molar-refractivity contribution in [3.05, 3.63) is 93.5 Å². The van der Waals surface area contributed by atoms with Crippen molar-refractivity contribution in [3.63, 3.8) is 0 Å². The number of carbonyl (C=O) groups excluding carboxylic acids is 2. The molecule has 0 bridgehead atoms. The van der Waals surface area contributed by atoms with E-state index in [2.05, 4.69) is 18.7 Å². The van der Waals surface area contributed by atoms with Crippen molar-refractivity contribution in [2.45, 2.75) is 19.9 Å². The molecule has 6 nitrogen and oxygen atoms in total. The molecule has 1 unspecified atom stereocenters. The fraction of sp³-hybridized carbons (Fsp3) is 0.241. The zero-order chi connectivity index (χ0) is 26.9. The highest BCUT2D eigenvalue weighted by molar-refractivity contribution is 6.51. The minimum atomic E-state index is -0.828. The number of carbonyl (C=O) groups is 2. The molecule has 0 aliphatic carbocycles. The first-order valence-corrected chi connectivity index (χ1v) is 12.8. The summed E-state index contributed by atoms with van der Waals surface area (Å²) in [4.78, 5) is 32.4. The third kappa shape index (κ3) is 5.04. The molecule has 1 fully saturated rings. The van der Waals surface area contributed by atoms with Crippen LogP contribution in [0.25, 0.3) is 5.76 Å². The lowest BCUT2D eigenvalue weighted by atomic mass is 9.95. The number of hydrogen-bond acceptors (Lipinski definition) is 5. The number of nitrogens with zero attached hydrogens (tertiary/aromatic N) is 3. The second-order valence-corrected chi connectivity index (χ2v) is 9.79. The van der Waals surface area contributed by atoms with Crippen LogP contribution in [-0.2, 0) is 9.59 Å². The molecule has 1 amide bonds. The number of Topliss-reactive ketones (excluding diaryl/α,β-unsaturated/α-hetero) is 1. The first kappa shape index (κ1) is 26.6. The fourth-order valence-electron chi connectivity index (χ4n) is 4.58. The molecular formula is C29H29Cl2N3O3. The van der Waals surface area contributed by atoms with Crippen molar-refractivity contribution in [1.29, 1.82) is 0 Å². The molecule has 3 aromatic rings. The van der Waals surface area contributed by atoms with Crippen molar-refractivity contribution in [2.24, 2.45) is 0 Å². The van der Waals surface area contributed by atoms with Crippen LogP contribution >= 0.6 is 23.2 Å². The zero-order valence-corrected chi connectivity index (χ0v) is 22.7. The van der Waals surface area contributed by atoms with E-state index < -0.39 is 17.7 Å². The molecule has 8 heteroatoms. The van der Waals surface area contributed by atoms with Gasteiger partial charge in [-0.05, 0) is 74.0 Å². The van der Waals surface area contributed by atoms with Crippen LogP contribution in [0.4, 0.5) is 17.1 Å². The maximum atomic E-state index is 13.4. The Hall–Kier alpha value is -3.48. The second kappa shape index (κ2) is 10.9. The number of anilines is 3. The topological polar surface area (TPSA) is 64.1 Å². The lowest BCUT2D eigenvalue weighted by molar-refractivity contribution is -0.132. The average molecular weight is 538 g/mol. The van der Waals surface area contributed by atoms with Gasteiger partial charge in [0.2, 0.25) is 0 Å². The number of rotatable bonds is 7. The van der Waals surface area contributed by atoms with Crippen LogP contribution in [0.15, 0.2) is 72.3 Å². The van der Waals surface area contributed by atoms with Crippen LogP contribution in [0.3, 0.4) is 0 Å². The fourth-order valence-corrected chi connectivity index (χ4v) is 4.88. The molecule has 0 saturated carbocycles. The largest absolute Gasteiger partial charge is 0.507 e. The molecule has 0 radical (unpaired) electrons. The van der Waals surface area contributed by atoms with Gasteiger partial charge < -0.3 is 14.9 Å². The van der Waals surface area contributed by atoms with E-state index in [1.807, 2.05) is 55.4 Å². The third-order valence-corrected chi connectivity index (χ3v) is 7.36. The molecule has 192 valence electrons. The zero-order valence-electron chi connectivity index (χ0n) is 21.2. The number of amides is 1. The van der Waals surface area contributed by atoms with E-state index in [4.69, 9.17) is 23.2 Å².